The van der Waals surface area contributed by atoms with E-state index in [4.69, 9.17) is 0 Å². The van der Waals surface area contributed by atoms with Crippen molar-refractivity contribution in [2.24, 2.45) is 9.98 Å². The molecule has 0 aromatic carbocycles. The van der Waals surface area contributed by atoms with Gasteiger partial charge in [-0.05, 0) is 45.2 Å². The van der Waals surface area contributed by atoms with Gasteiger partial charge in [0.2, 0.25) is 0 Å². The fourth-order valence-corrected chi connectivity index (χ4v) is 0.860. The van der Waals surface area contributed by atoms with E-state index in [9.17, 15) is 0 Å². The van der Waals surface area contributed by atoms with E-state index in [0.29, 0.717) is 0 Å². The second kappa shape index (κ2) is 2.38. The van der Waals surface area contributed by atoms with Crippen LogP contribution >= 0.6 is 45.2 Å². The quantitative estimate of drug-likeness (QED) is 0.368. The first-order chi connectivity index (χ1) is 3.30. The minimum Gasteiger partial charge on any atom is -0.253 e. The zero-order valence-corrected chi connectivity index (χ0v) is 7.62. The molecule has 7 heavy (non-hydrogen) atoms. The molecule has 1 aliphatic rings. The van der Waals surface area contributed by atoms with Gasteiger partial charge in [0.1, 0.15) is 10.1 Å². The number of halogens is 2. The third-order valence-electron chi connectivity index (χ3n) is 0.575. The van der Waals surface area contributed by atoms with Crippen LogP contribution in [0.5, 0.6) is 0 Å². The van der Waals surface area contributed by atoms with Gasteiger partial charge in [0.05, 0.1) is 0 Å². The lowest BCUT2D eigenvalue weighted by Crippen LogP contribution is -1.95. The molecule has 1 rings (SSSR count). The Balaban J connectivity index is 2.69. The summed E-state index contributed by atoms with van der Waals surface area (Å²) >= 11 is 4.40. The van der Waals surface area contributed by atoms with Crippen LogP contribution in [0.1, 0.15) is 0 Å². The Bertz CT molecular complexity index is 129. The summed E-state index contributed by atoms with van der Waals surface area (Å²) in [5, 5.41) is 0. The minimum atomic E-state index is 0.290. The van der Waals surface area contributed by atoms with Crippen molar-refractivity contribution < 1.29 is 0 Å². The molecule has 0 spiro atoms. The molecule has 1 aliphatic heterocycles. The third kappa shape index (κ3) is 1.34. The Kier molecular flexibility index (Phi) is 2.02. The maximum Gasteiger partial charge on any atom is 0.150 e. The van der Waals surface area contributed by atoms with Crippen LogP contribution in [-0.4, -0.2) is 14.1 Å². The number of alkyl halides is 1. The lowest BCUT2D eigenvalue weighted by Gasteiger charge is -1.88. The Morgan fingerprint density at radius 1 is 1.71 bits per heavy atom. The van der Waals surface area contributed by atoms with Crippen molar-refractivity contribution in [2.75, 3.05) is 0 Å². The number of hydrogen-bond acceptors (Lipinski definition) is 2. The molecular formula is C3H2I2N2. The van der Waals surface area contributed by atoms with E-state index in [1.165, 1.54) is 0 Å². The standard InChI is InChI=1S/C3H2I2N2/c4-2-3(5)7-1-6-2/h1-2H/t2-/m1/s1. The fraction of sp³-hybridized carbons (Fsp3) is 0.333. The van der Waals surface area contributed by atoms with E-state index in [1.807, 2.05) is 0 Å². The van der Waals surface area contributed by atoms with Gasteiger partial charge in [-0.1, -0.05) is 0 Å². The van der Waals surface area contributed by atoms with Crippen LogP contribution in [0.4, 0.5) is 0 Å². The summed E-state index contributed by atoms with van der Waals surface area (Å²) in [4.78, 5) is 7.89. The molecule has 0 aromatic heterocycles. The van der Waals surface area contributed by atoms with Crippen molar-refractivity contribution >= 4 is 55.2 Å². The molecule has 0 radical (unpaired) electrons. The predicted molar refractivity (Wildman–Crippen MR) is 47.8 cm³/mol. The highest BCUT2D eigenvalue weighted by molar-refractivity contribution is 14.1. The van der Waals surface area contributed by atoms with Crippen molar-refractivity contribution in [3.05, 3.63) is 0 Å². The van der Waals surface area contributed by atoms with Crippen molar-refractivity contribution in [1.82, 2.24) is 0 Å². The number of aliphatic imine (C=N–C) groups is 2. The van der Waals surface area contributed by atoms with E-state index in [1.54, 1.807) is 6.34 Å². The van der Waals surface area contributed by atoms with Crippen LogP contribution in [0.2, 0.25) is 0 Å². The topological polar surface area (TPSA) is 24.7 Å². The van der Waals surface area contributed by atoms with E-state index in [2.05, 4.69) is 55.2 Å². The van der Waals surface area contributed by atoms with Gasteiger partial charge in [-0.3, -0.25) is 4.99 Å². The van der Waals surface area contributed by atoms with Crippen molar-refractivity contribution in [3.8, 4) is 0 Å². The van der Waals surface area contributed by atoms with Gasteiger partial charge >= 0.3 is 0 Å². The summed E-state index contributed by atoms with van der Waals surface area (Å²) in [6, 6.07) is 0. The molecule has 4 heteroatoms. The third-order valence-corrected chi connectivity index (χ3v) is 3.55. The van der Waals surface area contributed by atoms with Crippen molar-refractivity contribution in [2.45, 2.75) is 4.05 Å². The van der Waals surface area contributed by atoms with E-state index in [-0.39, 0.29) is 4.05 Å². The summed E-state index contributed by atoms with van der Waals surface area (Å²) in [7, 11) is 0. The van der Waals surface area contributed by atoms with Crippen molar-refractivity contribution in [3.63, 3.8) is 0 Å². The summed E-state index contributed by atoms with van der Waals surface area (Å²) < 4.78 is 1.36. The SMILES string of the molecule is IC1=NC=N[C@H]1I. The average Bonchev–Trinajstić information content (AvgIpc) is 1.91. The molecule has 0 saturated heterocycles. The molecule has 0 amide bonds. The maximum absolute atomic E-state index is 3.97. The normalized spacial score (nSPS) is 28.3. The van der Waals surface area contributed by atoms with Gasteiger partial charge in [-0.15, -0.1) is 0 Å². The first-order valence-corrected chi connectivity index (χ1v) is 4.02. The summed E-state index contributed by atoms with van der Waals surface area (Å²) in [5.41, 5.74) is 0. The lowest BCUT2D eigenvalue weighted by atomic mass is 10.8. The molecular weight excluding hydrogens is 318 g/mol. The highest BCUT2D eigenvalue weighted by atomic mass is 127. The van der Waals surface area contributed by atoms with Gasteiger partial charge in [0.15, 0.2) is 4.05 Å². The summed E-state index contributed by atoms with van der Waals surface area (Å²) in [6.45, 7) is 0. The Morgan fingerprint density at radius 2 is 2.43 bits per heavy atom. The Hall–Kier alpha value is 0.800. The van der Waals surface area contributed by atoms with Gasteiger partial charge in [-0.25, -0.2) is 4.99 Å². The van der Waals surface area contributed by atoms with Gasteiger partial charge in [-0.2, -0.15) is 0 Å². The molecule has 0 bridgehead atoms. The van der Waals surface area contributed by atoms with Crippen LogP contribution in [0.15, 0.2) is 9.98 Å². The molecule has 1 heterocycles. The first kappa shape index (κ1) is 5.93. The predicted octanol–water partition coefficient (Wildman–Crippen LogP) is 1.62. The number of rotatable bonds is 0. The average molecular weight is 320 g/mol. The second-order valence-electron chi connectivity index (χ2n) is 1.05. The van der Waals surface area contributed by atoms with E-state index < -0.39 is 0 Å². The van der Waals surface area contributed by atoms with Gasteiger partial charge in [0.25, 0.3) is 0 Å². The zero-order chi connectivity index (χ0) is 5.28. The van der Waals surface area contributed by atoms with Crippen LogP contribution in [0.3, 0.4) is 0 Å². The van der Waals surface area contributed by atoms with E-state index in [0.717, 1.165) is 3.72 Å². The summed E-state index contributed by atoms with van der Waals surface area (Å²) in [6.07, 6.45) is 1.60. The second-order valence-corrected chi connectivity index (χ2v) is 3.34. The van der Waals surface area contributed by atoms with Crippen LogP contribution < -0.4 is 0 Å². The molecule has 0 aromatic rings. The minimum absolute atomic E-state index is 0.290. The molecule has 2 nitrogen and oxygen atoms in total. The largest absolute Gasteiger partial charge is 0.253 e. The van der Waals surface area contributed by atoms with Crippen LogP contribution in [-0.2, 0) is 0 Å². The maximum atomic E-state index is 3.97. The number of hydrogen-bond donors (Lipinski definition) is 0. The van der Waals surface area contributed by atoms with Crippen molar-refractivity contribution in [1.29, 1.82) is 0 Å². The molecule has 0 fully saturated rings. The molecule has 0 aliphatic carbocycles. The smallest absolute Gasteiger partial charge is 0.150 e. The number of nitrogens with zero attached hydrogens (tertiary/aromatic N) is 2. The monoisotopic (exact) mass is 320 g/mol. The summed E-state index contributed by atoms with van der Waals surface area (Å²) in [5.74, 6) is 0. The Labute approximate surface area is 68.8 Å². The zero-order valence-electron chi connectivity index (χ0n) is 3.31. The molecule has 0 unspecified atom stereocenters. The first-order valence-electron chi connectivity index (χ1n) is 1.69. The highest BCUT2D eigenvalue weighted by Gasteiger charge is 2.08. The lowest BCUT2D eigenvalue weighted by molar-refractivity contribution is 1.33. The molecule has 38 valence electrons. The van der Waals surface area contributed by atoms with E-state index >= 15 is 0 Å². The Morgan fingerprint density at radius 3 is 2.57 bits per heavy atom. The van der Waals surface area contributed by atoms with Crippen LogP contribution in [0, 0.1) is 0 Å². The highest BCUT2D eigenvalue weighted by Crippen LogP contribution is 2.13. The molecule has 0 N–H and O–H groups in total. The van der Waals surface area contributed by atoms with Gasteiger partial charge in [0, 0.05) is 0 Å². The fourth-order valence-electron chi connectivity index (χ4n) is 0.270. The molecule has 1 atom stereocenters. The molecule has 0 saturated carbocycles. The van der Waals surface area contributed by atoms with Crippen LogP contribution in [0.25, 0.3) is 0 Å². The van der Waals surface area contributed by atoms with Gasteiger partial charge < -0.3 is 0 Å².